The summed E-state index contributed by atoms with van der Waals surface area (Å²) < 4.78 is 5.41. The van der Waals surface area contributed by atoms with Crippen molar-refractivity contribution >= 4 is 5.69 Å². The molecule has 13 heavy (non-hydrogen) atoms. The van der Waals surface area contributed by atoms with E-state index < -0.39 is 0 Å². The zero-order valence-electron chi connectivity index (χ0n) is 7.77. The van der Waals surface area contributed by atoms with Gasteiger partial charge in [-0.25, -0.2) is 5.84 Å². The molecule has 0 aromatic heterocycles. The second-order valence-electron chi connectivity index (χ2n) is 3.01. The zero-order chi connectivity index (χ0) is 9.84. The predicted octanol–water partition coefficient (Wildman–Crippen LogP) is 1.54. The second kappa shape index (κ2) is 4.11. The van der Waals surface area contributed by atoms with Gasteiger partial charge >= 0.3 is 0 Å². The summed E-state index contributed by atoms with van der Waals surface area (Å²) in [4.78, 5) is 0. The predicted molar refractivity (Wildman–Crippen MR) is 50.7 cm³/mol. The average Bonchev–Trinajstić information content (AvgIpc) is 2.04. The molecule has 4 nitrogen and oxygen atoms in total. The first-order valence-electron chi connectivity index (χ1n) is 4.10. The molecule has 0 atom stereocenters. The Morgan fingerprint density at radius 1 is 1.31 bits per heavy atom. The van der Waals surface area contributed by atoms with Crippen molar-refractivity contribution in [1.82, 2.24) is 0 Å². The van der Waals surface area contributed by atoms with Crippen LogP contribution in [0.15, 0.2) is 24.3 Å². The van der Waals surface area contributed by atoms with E-state index in [-0.39, 0.29) is 6.10 Å². The fourth-order valence-electron chi connectivity index (χ4n) is 0.950. The SMILES string of the molecule is CC(C)Oc1ccc(N(N)O)cc1. The molecule has 0 amide bonds. The largest absolute Gasteiger partial charge is 0.491 e. The summed E-state index contributed by atoms with van der Waals surface area (Å²) >= 11 is 0. The van der Waals surface area contributed by atoms with E-state index in [2.05, 4.69) is 0 Å². The first-order chi connectivity index (χ1) is 6.09. The Morgan fingerprint density at radius 2 is 1.85 bits per heavy atom. The van der Waals surface area contributed by atoms with Gasteiger partial charge in [-0.2, -0.15) is 5.17 Å². The maximum absolute atomic E-state index is 8.87. The maximum atomic E-state index is 8.87. The van der Waals surface area contributed by atoms with Crippen molar-refractivity contribution in [3.05, 3.63) is 24.3 Å². The Kier molecular flexibility index (Phi) is 3.11. The van der Waals surface area contributed by atoms with Gasteiger partial charge in [-0.3, -0.25) is 5.21 Å². The van der Waals surface area contributed by atoms with Gasteiger partial charge < -0.3 is 4.74 Å². The number of hydrogen-bond acceptors (Lipinski definition) is 4. The molecule has 0 heterocycles. The van der Waals surface area contributed by atoms with Crippen molar-refractivity contribution in [3.63, 3.8) is 0 Å². The summed E-state index contributed by atoms with van der Waals surface area (Å²) in [6.45, 7) is 3.91. The van der Waals surface area contributed by atoms with E-state index in [1.54, 1.807) is 24.3 Å². The van der Waals surface area contributed by atoms with Gasteiger partial charge in [0.25, 0.3) is 0 Å². The van der Waals surface area contributed by atoms with Gasteiger partial charge in [0, 0.05) is 0 Å². The van der Waals surface area contributed by atoms with Crippen LogP contribution in [0.5, 0.6) is 5.75 Å². The van der Waals surface area contributed by atoms with Gasteiger partial charge in [-0.05, 0) is 38.1 Å². The molecule has 4 heteroatoms. The lowest BCUT2D eigenvalue weighted by Gasteiger charge is -2.12. The number of hydrogen-bond donors (Lipinski definition) is 2. The van der Waals surface area contributed by atoms with E-state index in [0.29, 0.717) is 10.9 Å². The van der Waals surface area contributed by atoms with Crippen LogP contribution in [-0.4, -0.2) is 11.3 Å². The van der Waals surface area contributed by atoms with Crippen LogP contribution in [0.25, 0.3) is 0 Å². The second-order valence-corrected chi connectivity index (χ2v) is 3.01. The van der Waals surface area contributed by atoms with Crippen LogP contribution in [0.2, 0.25) is 0 Å². The first kappa shape index (κ1) is 9.83. The fraction of sp³-hybridized carbons (Fsp3) is 0.333. The van der Waals surface area contributed by atoms with Gasteiger partial charge in [0.05, 0.1) is 11.8 Å². The first-order valence-corrected chi connectivity index (χ1v) is 4.10. The van der Waals surface area contributed by atoms with Crippen LogP contribution in [0, 0.1) is 0 Å². The molecule has 0 saturated heterocycles. The zero-order valence-corrected chi connectivity index (χ0v) is 7.77. The van der Waals surface area contributed by atoms with Crippen molar-refractivity contribution in [2.75, 3.05) is 5.17 Å². The summed E-state index contributed by atoms with van der Waals surface area (Å²) in [6, 6.07) is 6.87. The van der Waals surface area contributed by atoms with Crippen molar-refractivity contribution in [1.29, 1.82) is 0 Å². The molecular formula is C9H14N2O2. The Labute approximate surface area is 77.5 Å². The number of nitrogens with zero attached hydrogens (tertiary/aromatic N) is 1. The maximum Gasteiger partial charge on any atom is 0.119 e. The molecule has 0 spiro atoms. The van der Waals surface area contributed by atoms with Gasteiger partial charge in [-0.15, -0.1) is 0 Å². The molecule has 0 fully saturated rings. The van der Waals surface area contributed by atoms with Crippen LogP contribution in [-0.2, 0) is 0 Å². The molecule has 3 N–H and O–H groups in total. The molecule has 1 aromatic carbocycles. The van der Waals surface area contributed by atoms with Crippen molar-refractivity contribution < 1.29 is 9.94 Å². The van der Waals surface area contributed by atoms with Gasteiger partial charge in [-0.1, -0.05) is 0 Å². The summed E-state index contributed by atoms with van der Waals surface area (Å²) in [5.41, 5.74) is 0.524. The molecule has 0 bridgehead atoms. The number of ether oxygens (including phenoxy) is 1. The lowest BCUT2D eigenvalue weighted by Crippen LogP contribution is -2.25. The Bertz CT molecular complexity index is 257. The average molecular weight is 182 g/mol. The van der Waals surface area contributed by atoms with Crippen LogP contribution in [0.1, 0.15) is 13.8 Å². The Balaban J connectivity index is 2.70. The van der Waals surface area contributed by atoms with Crippen molar-refractivity contribution in [3.8, 4) is 5.75 Å². The number of hydrazine groups is 1. The van der Waals surface area contributed by atoms with E-state index in [1.807, 2.05) is 13.8 Å². The highest BCUT2D eigenvalue weighted by molar-refractivity contribution is 5.45. The fourth-order valence-corrected chi connectivity index (χ4v) is 0.950. The minimum Gasteiger partial charge on any atom is -0.491 e. The van der Waals surface area contributed by atoms with E-state index >= 15 is 0 Å². The van der Waals surface area contributed by atoms with Gasteiger partial charge in [0.15, 0.2) is 0 Å². The van der Waals surface area contributed by atoms with E-state index in [9.17, 15) is 0 Å². The van der Waals surface area contributed by atoms with Crippen LogP contribution in [0.4, 0.5) is 5.69 Å². The van der Waals surface area contributed by atoms with Gasteiger partial charge in [0.1, 0.15) is 5.75 Å². The molecule has 1 aromatic rings. The Morgan fingerprint density at radius 3 is 2.23 bits per heavy atom. The van der Waals surface area contributed by atoms with Gasteiger partial charge in [0.2, 0.25) is 0 Å². The number of nitrogens with two attached hydrogens (primary N) is 1. The molecule has 0 aliphatic carbocycles. The lowest BCUT2D eigenvalue weighted by molar-refractivity contribution is 0.241. The molecule has 0 radical (unpaired) electrons. The van der Waals surface area contributed by atoms with Crippen LogP contribution < -0.4 is 15.8 Å². The highest BCUT2D eigenvalue weighted by Crippen LogP contribution is 2.17. The van der Waals surface area contributed by atoms with E-state index in [0.717, 1.165) is 5.75 Å². The molecule has 1 rings (SSSR count). The van der Waals surface area contributed by atoms with E-state index in [4.69, 9.17) is 15.8 Å². The van der Waals surface area contributed by atoms with Crippen LogP contribution in [0.3, 0.4) is 0 Å². The van der Waals surface area contributed by atoms with Crippen LogP contribution >= 0.6 is 0 Å². The molecule has 72 valence electrons. The monoisotopic (exact) mass is 182 g/mol. The molecular weight excluding hydrogens is 168 g/mol. The smallest absolute Gasteiger partial charge is 0.119 e. The third-order valence-electron chi connectivity index (χ3n) is 1.47. The minimum absolute atomic E-state index is 0.147. The topological polar surface area (TPSA) is 58.7 Å². The molecule has 0 aliphatic heterocycles. The van der Waals surface area contributed by atoms with Crippen molar-refractivity contribution in [2.45, 2.75) is 20.0 Å². The quantitative estimate of drug-likeness (QED) is 0.550. The Hall–Kier alpha value is -1.26. The number of anilines is 1. The third kappa shape index (κ3) is 2.93. The summed E-state index contributed by atoms with van der Waals surface area (Å²) in [7, 11) is 0. The third-order valence-corrected chi connectivity index (χ3v) is 1.47. The summed E-state index contributed by atoms with van der Waals surface area (Å²) in [5.74, 6) is 5.88. The molecule has 0 aliphatic rings. The lowest BCUT2D eigenvalue weighted by atomic mass is 10.3. The summed E-state index contributed by atoms with van der Waals surface area (Å²) in [6.07, 6.45) is 0.147. The molecule has 0 saturated carbocycles. The van der Waals surface area contributed by atoms with E-state index in [1.165, 1.54) is 0 Å². The number of rotatable bonds is 3. The summed E-state index contributed by atoms with van der Waals surface area (Å²) in [5, 5.41) is 9.44. The minimum atomic E-state index is 0.147. The number of benzene rings is 1. The highest BCUT2D eigenvalue weighted by atomic mass is 16.5. The normalized spacial score (nSPS) is 10.2. The molecule has 0 unspecified atom stereocenters. The highest BCUT2D eigenvalue weighted by Gasteiger charge is 1.99. The van der Waals surface area contributed by atoms with Crippen molar-refractivity contribution in [2.24, 2.45) is 5.84 Å². The standard InChI is InChI=1S/C9H14N2O2/c1-7(2)13-9-5-3-8(4-6-9)11(10)12/h3-7,12H,10H2,1-2H3.